The van der Waals surface area contributed by atoms with E-state index in [0.29, 0.717) is 12.1 Å². The lowest BCUT2D eigenvalue weighted by molar-refractivity contribution is 0.0952. The van der Waals surface area contributed by atoms with Crippen molar-refractivity contribution in [3.8, 4) is 5.69 Å². The maximum Gasteiger partial charge on any atom is 0.253 e. The number of carbonyl (C=O) groups is 1. The number of aromatic nitrogens is 1. The first-order chi connectivity index (χ1) is 10.4. The normalized spacial score (nSPS) is 11.7. The van der Waals surface area contributed by atoms with Gasteiger partial charge in [-0.2, -0.15) is 0 Å². The number of benzene rings is 1. The van der Waals surface area contributed by atoms with Gasteiger partial charge in [0, 0.05) is 34.1 Å². The fourth-order valence-electron chi connectivity index (χ4n) is 2.49. The molecule has 0 radical (unpaired) electrons. The highest BCUT2D eigenvalue weighted by atomic mass is 79.9. The molecule has 0 aliphatic carbocycles. The molecule has 0 saturated heterocycles. The molecular weight excluding hydrogens is 378 g/mol. The molecule has 0 aliphatic rings. The first kappa shape index (κ1) is 19.7. The summed E-state index contributed by atoms with van der Waals surface area (Å²) >= 11 is 3.44. The van der Waals surface area contributed by atoms with Gasteiger partial charge in [-0.3, -0.25) is 4.79 Å². The van der Waals surface area contributed by atoms with Gasteiger partial charge in [0.1, 0.15) is 0 Å². The van der Waals surface area contributed by atoms with Crippen molar-refractivity contribution < 1.29 is 4.79 Å². The summed E-state index contributed by atoms with van der Waals surface area (Å²) in [6.07, 6.45) is 0.775. The number of aryl methyl sites for hydroxylation is 1. The number of hydrogen-bond acceptors (Lipinski definition) is 2. The summed E-state index contributed by atoms with van der Waals surface area (Å²) < 4.78 is 3.12. The minimum Gasteiger partial charge on any atom is -0.352 e. The highest BCUT2D eigenvalue weighted by Gasteiger charge is 2.16. The molecule has 1 heterocycles. The lowest BCUT2D eigenvalue weighted by Gasteiger charge is -2.10. The third-order valence-electron chi connectivity index (χ3n) is 3.65. The molecule has 2 rings (SSSR count). The number of nitrogens with two attached hydrogens (primary N) is 1. The molecule has 0 aliphatic heterocycles. The first-order valence-corrected chi connectivity index (χ1v) is 8.18. The summed E-state index contributed by atoms with van der Waals surface area (Å²) in [6, 6.07) is 10.1. The van der Waals surface area contributed by atoms with Gasteiger partial charge in [-0.1, -0.05) is 15.9 Å². The Hall–Kier alpha value is -1.30. The van der Waals surface area contributed by atoms with Crippen LogP contribution in [0.1, 0.15) is 35.1 Å². The van der Waals surface area contributed by atoms with Gasteiger partial charge in [-0.25, -0.2) is 0 Å². The maximum absolute atomic E-state index is 12.3. The zero-order valence-corrected chi connectivity index (χ0v) is 16.0. The Labute approximate surface area is 152 Å². The molecule has 6 heteroatoms. The van der Waals surface area contributed by atoms with Gasteiger partial charge < -0.3 is 15.6 Å². The molecule has 0 saturated carbocycles. The Balaban J connectivity index is 0.00000264. The van der Waals surface area contributed by atoms with Crippen molar-refractivity contribution in [1.82, 2.24) is 9.88 Å². The van der Waals surface area contributed by atoms with Gasteiger partial charge in [-0.05, 0) is 57.5 Å². The topological polar surface area (TPSA) is 60.1 Å². The molecule has 2 aromatic rings. The van der Waals surface area contributed by atoms with Crippen LogP contribution in [0.5, 0.6) is 0 Å². The van der Waals surface area contributed by atoms with Crippen molar-refractivity contribution in [2.45, 2.75) is 33.2 Å². The average molecular weight is 401 g/mol. The van der Waals surface area contributed by atoms with Crippen LogP contribution in [0.25, 0.3) is 5.69 Å². The van der Waals surface area contributed by atoms with Crippen molar-refractivity contribution in [2.24, 2.45) is 5.73 Å². The SMILES string of the molecule is Cc1cc(C(=O)NCCC(C)N)c(C)n1-c1ccc(Br)cc1.Cl. The molecule has 126 valence electrons. The summed E-state index contributed by atoms with van der Waals surface area (Å²) in [4.78, 5) is 12.3. The average Bonchev–Trinajstić information content (AvgIpc) is 2.75. The van der Waals surface area contributed by atoms with E-state index in [1.165, 1.54) is 0 Å². The zero-order chi connectivity index (χ0) is 16.3. The van der Waals surface area contributed by atoms with Crippen molar-refractivity contribution in [3.05, 3.63) is 51.8 Å². The van der Waals surface area contributed by atoms with Crippen LogP contribution in [0.3, 0.4) is 0 Å². The van der Waals surface area contributed by atoms with Gasteiger partial charge in [-0.15, -0.1) is 12.4 Å². The van der Waals surface area contributed by atoms with Crippen molar-refractivity contribution >= 4 is 34.2 Å². The van der Waals surface area contributed by atoms with E-state index in [2.05, 4.69) is 25.8 Å². The number of hydrogen-bond donors (Lipinski definition) is 2. The molecule has 1 atom stereocenters. The molecule has 1 aromatic carbocycles. The van der Waals surface area contributed by atoms with Crippen LogP contribution in [0, 0.1) is 13.8 Å². The van der Waals surface area contributed by atoms with Crippen molar-refractivity contribution in [3.63, 3.8) is 0 Å². The van der Waals surface area contributed by atoms with Crippen LogP contribution in [0.15, 0.2) is 34.8 Å². The Kier molecular flexibility index (Phi) is 7.32. The molecule has 3 N–H and O–H groups in total. The number of amides is 1. The number of nitrogens with zero attached hydrogens (tertiary/aromatic N) is 1. The predicted molar refractivity (Wildman–Crippen MR) is 101 cm³/mol. The number of rotatable bonds is 5. The molecule has 1 amide bonds. The molecule has 1 aromatic heterocycles. The van der Waals surface area contributed by atoms with Gasteiger partial charge in [0.15, 0.2) is 0 Å². The Morgan fingerprint density at radius 1 is 1.30 bits per heavy atom. The second-order valence-electron chi connectivity index (χ2n) is 5.62. The Bertz CT molecular complexity index is 665. The van der Waals surface area contributed by atoms with E-state index in [1.54, 1.807) is 0 Å². The predicted octanol–water partition coefficient (Wildman–Crippen LogP) is 3.75. The molecule has 0 bridgehead atoms. The largest absolute Gasteiger partial charge is 0.352 e. The second-order valence-corrected chi connectivity index (χ2v) is 6.53. The van der Waals surface area contributed by atoms with E-state index in [4.69, 9.17) is 5.73 Å². The Morgan fingerprint density at radius 3 is 2.48 bits per heavy atom. The molecule has 23 heavy (non-hydrogen) atoms. The van der Waals surface area contributed by atoms with E-state index in [9.17, 15) is 4.79 Å². The summed E-state index contributed by atoms with van der Waals surface area (Å²) in [6.45, 7) is 6.51. The maximum atomic E-state index is 12.3. The minimum absolute atomic E-state index is 0. The lowest BCUT2D eigenvalue weighted by atomic mass is 10.2. The van der Waals surface area contributed by atoms with Gasteiger partial charge in [0.2, 0.25) is 0 Å². The van der Waals surface area contributed by atoms with E-state index in [-0.39, 0.29) is 24.4 Å². The highest BCUT2D eigenvalue weighted by Crippen LogP contribution is 2.22. The third kappa shape index (κ3) is 4.83. The fraction of sp³-hybridized carbons (Fsp3) is 0.353. The molecule has 4 nitrogen and oxygen atoms in total. The van der Waals surface area contributed by atoms with Crippen LogP contribution in [0.4, 0.5) is 0 Å². The lowest BCUT2D eigenvalue weighted by Crippen LogP contribution is -2.29. The molecule has 0 fully saturated rings. The van der Waals surface area contributed by atoms with E-state index < -0.39 is 0 Å². The molecular formula is C17H23BrClN3O. The molecule has 1 unspecified atom stereocenters. The Morgan fingerprint density at radius 2 is 1.91 bits per heavy atom. The summed E-state index contributed by atoms with van der Waals surface area (Å²) in [7, 11) is 0. The van der Waals surface area contributed by atoms with Crippen molar-refractivity contribution in [1.29, 1.82) is 0 Å². The quantitative estimate of drug-likeness (QED) is 0.803. The van der Waals surface area contributed by atoms with Gasteiger partial charge in [0.25, 0.3) is 5.91 Å². The van der Waals surface area contributed by atoms with Crippen LogP contribution in [-0.4, -0.2) is 23.1 Å². The van der Waals surface area contributed by atoms with Gasteiger partial charge in [0.05, 0.1) is 5.56 Å². The van der Waals surface area contributed by atoms with Crippen LogP contribution >= 0.6 is 28.3 Å². The summed E-state index contributed by atoms with van der Waals surface area (Å²) in [5.41, 5.74) is 9.45. The smallest absolute Gasteiger partial charge is 0.253 e. The minimum atomic E-state index is -0.0443. The zero-order valence-electron chi connectivity index (χ0n) is 13.6. The van der Waals surface area contributed by atoms with E-state index in [1.807, 2.05) is 51.1 Å². The first-order valence-electron chi connectivity index (χ1n) is 7.39. The summed E-state index contributed by atoms with van der Waals surface area (Å²) in [5, 5.41) is 2.93. The van der Waals surface area contributed by atoms with Crippen LogP contribution < -0.4 is 11.1 Å². The van der Waals surface area contributed by atoms with Gasteiger partial charge >= 0.3 is 0 Å². The monoisotopic (exact) mass is 399 g/mol. The fourth-order valence-corrected chi connectivity index (χ4v) is 2.75. The third-order valence-corrected chi connectivity index (χ3v) is 4.17. The van der Waals surface area contributed by atoms with Crippen LogP contribution in [0.2, 0.25) is 0 Å². The molecule has 0 spiro atoms. The van der Waals surface area contributed by atoms with E-state index in [0.717, 1.165) is 28.0 Å². The van der Waals surface area contributed by atoms with Crippen molar-refractivity contribution in [2.75, 3.05) is 6.54 Å². The standard InChI is InChI=1S/C17H22BrN3O.ClH/c1-11(19)8-9-20-17(22)16-10-12(2)21(13(16)3)15-6-4-14(18)5-7-15;/h4-7,10-11H,8-9,19H2,1-3H3,(H,20,22);1H. The van der Waals surface area contributed by atoms with E-state index >= 15 is 0 Å². The van der Waals surface area contributed by atoms with Crippen LogP contribution in [-0.2, 0) is 0 Å². The second kappa shape index (κ2) is 8.52. The summed E-state index contributed by atoms with van der Waals surface area (Å²) in [5.74, 6) is -0.0443. The number of nitrogens with one attached hydrogen (secondary N) is 1. The highest BCUT2D eigenvalue weighted by molar-refractivity contribution is 9.10. The number of carbonyl (C=O) groups excluding carboxylic acids is 1. The number of halogens is 2.